The van der Waals surface area contributed by atoms with Gasteiger partial charge in [-0.2, -0.15) is 10.2 Å². The largest absolute Gasteiger partial charge is 0.388 e. The van der Waals surface area contributed by atoms with Gasteiger partial charge < -0.3 is 14.9 Å². The van der Waals surface area contributed by atoms with Gasteiger partial charge in [-0.1, -0.05) is 29.8 Å². The molecule has 1 aromatic carbocycles. The quantitative estimate of drug-likeness (QED) is 0.347. The first-order chi connectivity index (χ1) is 20.5. The number of H-pyrrole nitrogens is 1. The number of aromatic amines is 1. The second-order valence-corrected chi connectivity index (χ2v) is 14.7. The van der Waals surface area contributed by atoms with Gasteiger partial charge in [0.2, 0.25) is 5.91 Å². The van der Waals surface area contributed by atoms with Gasteiger partial charge in [0, 0.05) is 66.5 Å². The summed E-state index contributed by atoms with van der Waals surface area (Å²) in [7, 11) is 0. The molecule has 5 aliphatic rings. The van der Waals surface area contributed by atoms with Crippen LogP contribution in [0.2, 0.25) is 10.0 Å². The summed E-state index contributed by atoms with van der Waals surface area (Å²) in [6.45, 7) is 14.5. The Labute approximate surface area is 262 Å². The number of likely N-dealkylation sites (tertiary alicyclic amines) is 1. The van der Waals surface area contributed by atoms with Crippen LogP contribution >= 0.6 is 23.2 Å². The average Bonchev–Trinajstić information content (AvgIpc) is 3.70. The zero-order valence-electron chi connectivity index (χ0n) is 25.2. The Hall–Kier alpha value is -2.59. The van der Waals surface area contributed by atoms with Crippen LogP contribution in [0.4, 0.5) is 5.82 Å². The minimum absolute atomic E-state index is 0.0185. The molecular formula is C32H41Cl2N7O2. The minimum atomic E-state index is -0.441. The predicted molar refractivity (Wildman–Crippen MR) is 171 cm³/mol. The minimum Gasteiger partial charge on any atom is -0.388 e. The number of carbonyl (C=O) groups is 1. The van der Waals surface area contributed by atoms with Crippen molar-refractivity contribution in [3.8, 4) is 11.1 Å². The summed E-state index contributed by atoms with van der Waals surface area (Å²) in [6, 6.07) is 2.54. The molecule has 4 saturated heterocycles. The molecule has 1 atom stereocenters. The summed E-state index contributed by atoms with van der Waals surface area (Å²) < 4.78 is 2.17. The molecule has 8 rings (SSSR count). The Kier molecular flexibility index (Phi) is 7.12. The average molecular weight is 627 g/mol. The number of piperidine rings is 2. The standard InChI is InChI=1S/C32H41Cl2N7O2/c1-5-26(42)38-9-7-21(8-10-38)41-19(2)27(28-23-16-35-36-25(23)12-24(33)29(28)34)30(37-41)40-11-6-20(13-31(40,3)4)17-39-18-32(43)14-22(39)15-32/h5,12,16,20-22,43H,1,6-11,13-15,17-18H2,2-4H3,(H,35,36)/t20-,22?,32?/m1/s1. The molecule has 43 heavy (non-hydrogen) atoms. The number of halogens is 2. The molecule has 6 heterocycles. The van der Waals surface area contributed by atoms with Crippen molar-refractivity contribution >= 4 is 45.8 Å². The molecule has 0 unspecified atom stereocenters. The van der Waals surface area contributed by atoms with Crippen LogP contribution in [0.15, 0.2) is 24.9 Å². The fourth-order valence-electron chi connectivity index (χ4n) is 8.42. The van der Waals surface area contributed by atoms with Gasteiger partial charge in [-0.05, 0) is 77.4 Å². The fourth-order valence-corrected chi connectivity index (χ4v) is 8.87. The molecule has 0 radical (unpaired) electrons. The number of amides is 1. The van der Waals surface area contributed by atoms with E-state index in [4.69, 9.17) is 28.3 Å². The Balaban J connectivity index is 1.25. The van der Waals surface area contributed by atoms with Crippen molar-refractivity contribution < 1.29 is 9.90 Å². The van der Waals surface area contributed by atoms with Crippen molar-refractivity contribution in [2.75, 3.05) is 37.6 Å². The van der Waals surface area contributed by atoms with E-state index in [9.17, 15) is 9.90 Å². The maximum absolute atomic E-state index is 12.3. The van der Waals surface area contributed by atoms with Gasteiger partial charge in [-0.15, -0.1) is 0 Å². The van der Waals surface area contributed by atoms with E-state index in [-0.39, 0.29) is 17.5 Å². The highest BCUT2D eigenvalue weighted by molar-refractivity contribution is 6.45. The maximum atomic E-state index is 12.3. The molecule has 4 aliphatic heterocycles. The van der Waals surface area contributed by atoms with E-state index in [2.05, 4.69) is 52.0 Å². The normalized spacial score (nSPS) is 27.6. The highest BCUT2D eigenvalue weighted by Crippen LogP contribution is 2.49. The lowest BCUT2D eigenvalue weighted by molar-refractivity contribution is -0.127. The van der Waals surface area contributed by atoms with Crippen LogP contribution in [0, 0.1) is 12.8 Å². The third kappa shape index (κ3) is 4.87. The third-order valence-corrected chi connectivity index (χ3v) is 11.4. The molecule has 230 valence electrons. The number of benzene rings is 1. The first-order valence-electron chi connectivity index (χ1n) is 15.5. The van der Waals surface area contributed by atoms with Crippen LogP contribution in [0.1, 0.15) is 64.1 Å². The number of carbonyl (C=O) groups excluding carboxylic acids is 1. The van der Waals surface area contributed by atoms with Crippen LogP contribution < -0.4 is 4.90 Å². The van der Waals surface area contributed by atoms with E-state index in [1.807, 2.05) is 17.2 Å². The zero-order valence-corrected chi connectivity index (χ0v) is 26.8. The van der Waals surface area contributed by atoms with E-state index >= 15 is 0 Å². The SMILES string of the molecule is C=CC(=O)N1CCC(n2nc(N3CC[C@@H](CN4CC5(O)CC4C5)CC3(C)C)c(-c3c(Cl)c(Cl)cc4[nH]ncc34)c2C)CC1. The Morgan fingerprint density at radius 3 is 2.53 bits per heavy atom. The van der Waals surface area contributed by atoms with Crippen LogP contribution in [0.25, 0.3) is 22.0 Å². The number of aromatic nitrogens is 4. The topological polar surface area (TPSA) is 93.5 Å². The van der Waals surface area contributed by atoms with Crippen LogP contribution in [0.3, 0.4) is 0 Å². The summed E-state index contributed by atoms with van der Waals surface area (Å²) in [5.74, 6) is 1.47. The lowest BCUT2D eigenvalue weighted by Gasteiger charge is -2.47. The Morgan fingerprint density at radius 1 is 1.14 bits per heavy atom. The van der Waals surface area contributed by atoms with Gasteiger partial charge in [0.15, 0.2) is 5.82 Å². The van der Waals surface area contributed by atoms with Gasteiger partial charge in [0.1, 0.15) is 0 Å². The monoisotopic (exact) mass is 625 g/mol. The molecule has 3 aromatic rings. The lowest BCUT2D eigenvalue weighted by atomic mass is 9.80. The molecule has 9 nitrogen and oxygen atoms in total. The van der Waals surface area contributed by atoms with Crippen LogP contribution in [-0.2, 0) is 4.79 Å². The molecule has 0 spiro atoms. The van der Waals surface area contributed by atoms with Crippen LogP contribution in [0.5, 0.6) is 0 Å². The number of anilines is 1. The fraction of sp³-hybridized carbons (Fsp3) is 0.594. The molecule has 5 fully saturated rings. The first kappa shape index (κ1) is 29.1. The highest BCUT2D eigenvalue weighted by Gasteiger charge is 2.54. The van der Waals surface area contributed by atoms with Gasteiger partial charge >= 0.3 is 0 Å². The number of rotatable bonds is 6. The first-order valence-corrected chi connectivity index (χ1v) is 16.3. The van der Waals surface area contributed by atoms with E-state index < -0.39 is 5.60 Å². The summed E-state index contributed by atoms with van der Waals surface area (Å²) in [5.41, 5.74) is 3.14. The van der Waals surface area contributed by atoms with Crippen LogP contribution in [-0.4, -0.2) is 90.7 Å². The summed E-state index contributed by atoms with van der Waals surface area (Å²) >= 11 is 13.7. The maximum Gasteiger partial charge on any atom is 0.245 e. The van der Waals surface area contributed by atoms with Gasteiger partial charge in [-0.3, -0.25) is 19.5 Å². The van der Waals surface area contributed by atoms with Crippen molar-refractivity contribution in [2.24, 2.45) is 5.92 Å². The number of hydrogen-bond acceptors (Lipinski definition) is 6. The van der Waals surface area contributed by atoms with E-state index in [0.717, 1.165) is 91.7 Å². The molecule has 1 aliphatic carbocycles. The van der Waals surface area contributed by atoms with Gasteiger partial charge in [0.05, 0.1) is 33.4 Å². The van der Waals surface area contributed by atoms with E-state index in [0.29, 0.717) is 35.1 Å². The number of nitrogens with zero attached hydrogens (tertiary/aromatic N) is 6. The molecule has 11 heteroatoms. The molecule has 2 aromatic heterocycles. The number of nitrogens with one attached hydrogen (secondary N) is 1. The number of hydrogen-bond donors (Lipinski definition) is 2. The summed E-state index contributed by atoms with van der Waals surface area (Å²) in [6.07, 6.45) is 8.81. The second kappa shape index (κ2) is 10.5. The number of fused-ring (bicyclic) bond motifs is 2. The predicted octanol–water partition coefficient (Wildman–Crippen LogP) is 5.60. The Morgan fingerprint density at radius 2 is 1.88 bits per heavy atom. The van der Waals surface area contributed by atoms with Crippen molar-refractivity contribution in [1.29, 1.82) is 0 Å². The smallest absolute Gasteiger partial charge is 0.245 e. The summed E-state index contributed by atoms with van der Waals surface area (Å²) in [5, 5.41) is 25.2. The Bertz CT molecular complexity index is 1580. The van der Waals surface area contributed by atoms with E-state index in [1.54, 1.807) is 0 Å². The van der Waals surface area contributed by atoms with E-state index in [1.165, 1.54) is 6.08 Å². The zero-order chi connectivity index (χ0) is 30.3. The molecule has 2 N–H and O–H groups in total. The van der Waals surface area contributed by atoms with Crippen molar-refractivity contribution in [3.63, 3.8) is 0 Å². The molecule has 1 saturated carbocycles. The van der Waals surface area contributed by atoms with Gasteiger partial charge in [0.25, 0.3) is 0 Å². The lowest BCUT2D eigenvalue weighted by Crippen LogP contribution is -2.52. The second-order valence-electron chi connectivity index (χ2n) is 13.9. The van der Waals surface area contributed by atoms with Crippen molar-refractivity contribution in [2.45, 2.75) is 82.5 Å². The number of aliphatic hydroxyl groups is 1. The molecule has 2 bridgehead atoms. The molecular weight excluding hydrogens is 585 g/mol. The van der Waals surface area contributed by atoms with Gasteiger partial charge in [-0.25, -0.2) is 0 Å². The molecule has 1 amide bonds. The summed E-state index contributed by atoms with van der Waals surface area (Å²) in [4.78, 5) is 19.1. The highest BCUT2D eigenvalue weighted by atomic mass is 35.5. The third-order valence-electron chi connectivity index (χ3n) is 10.6. The van der Waals surface area contributed by atoms with Crippen molar-refractivity contribution in [1.82, 2.24) is 29.8 Å². The van der Waals surface area contributed by atoms with Crippen molar-refractivity contribution in [3.05, 3.63) is 40.7 Å².